The van der Waals surface area contributed by atoms with Gasteiger partial charge >= 0.3 is 5.97 Å². The van der Waals surface area contributed by atoms with Crippen molar-refractivity contribution in [3.8, 4) is 11.4 Å². The highest BCUT2D eigenvalue weighted by atomic mass is 16.5. The molecule has 1 aromatic carbocycles. The van der Waals surface area contributed by atoms with E-state index in [4.69, 9.17) is 9.72 Å². The molecule has 7 rings (SSSR count). The summed E-state index contributed by atoms with van der Waals surface area (Å²) in [6, 6.07) is 5.15. The number of nitrogens with one attached hydrogen (secondary N) is 3. The van der Waals surface area contributed by atoms with Gasteiger partial charge in [0.05, 0.1) is 41.3 Å². The predicted molar refractivity (Wildman–Crippen MR) is 181 cm³/mol. The smallest absolute Gasteiger partial charge is 0.340 e. The zero-order valence-corrected chi connectivity index (χ0v) is 27.8. The number of aliphatic hydroxyl groups is 1. The predicted octanol–water partition coefficient (Wildman–Crippen LogP) is 1.40. The highest BCUT2D eigenvalue weighted by Crippen LogP contribution is 2.42. The number of carbonyl (C=O) groups excluding carboxylic acids is 6. The van der Waals surface area contributed by atoms with Crippen molar-refractivity contribution in [2.24, 2.45) is 0 Å². The van der Waals surface area contributed by atoms with Gasteiger partial charge in [-0.3, -0.25) is 33.7 Å². The van der Waals surface area contributed by atoms with E-state index in [0.29, 0.717) is 54.8 Å². The summed E-state index contributed by atoms with van der Waals surface area (Å²) in [6.45, 7) is 3.77. The molecule has 1 atom stereocenters. The summed E-state index contributed by atoms with van der Waals surface area (Å²) in [5.74, 6) is -2.70. The van der Waals surface area contributed by atoms with Crippen LogP contribution in [0.1, 0.15) is 78.9 Å². The molecule has 15 nitrogen and oxygen atoms in total. The number of aromatic nitrogens is 2. The van der Waals surface area contributed by atoms with E-state index in [1.807, 2.05) is 0 Å². The average Bonchev–Trinajstić information content (AvgIpc) is 3.65. The third-order valence-corrected chi connectivity index (χ3v) is 9.90. The van der Waals surface area contributed by atoms with Crippen LogP contribution in [0.5, 0.6) is 0 Å². The van der Waals surface area contributed by atoms with Gasteiger partial charge in [-0.2, -0.15) is 0 Å². The fourth-order valence-corrected chi connectivity index (χ4v) is 7.32. The van der Waals surface area contributed by atoms with Crippen molar-refractivity contribution in [2.75, 3.05) is 18.4 Å². The molecule has 4 N–H and O–H groups in total. The first kappa shape index (κ1) is 33.8. The van der Waals surface area contributed by atoms with E-state index in [9.17, 15) is 38.7 Å². The number of hydrogen-bond acceptors (Lipinski definition) is 10. The van der Waals surface area contributed by atoms with Gasteiger partial charge in [0, 0.05) is 48.0 Å². The monoisotopic (exact) mass is 696 g/mol. The number of hydrogen-bond donors (Lipinski definition) is 4. The fourth-order valence-electron chi connectivity index (χ4n) is 7.32. The number of cyclic esters (lactones) is 1. The average molecular weight is 697 g/mol. The van der Waals surface area contributed by atoms with E-state index in [1.165, 1.54) is 4.90 Å². The maximum Gasteiger partial charge on any atom is 0.340 e. The van der Waals surface area contributed by atoms with Gasteiger partial charge in [0.25, 0.3) is 11.5 Å². The molecule has 3 aromatic rings. The first-order valence-electron chi connectivity index (χ1n) is 17.0. The van der Waals surface area contributed by atoms with Crippen molar-refractivity contribution >= 4 is 52.1 Å². The van der Waals surface area contributed by atoms with Gasteiger partial charge in [0.15, 0.2) is 6.10 Å². The lowest BCUT2D eigenvalue weighted by atomic mass is 9.86. The molecule has 5 heterocycles. The lowest BCUT2D eigenvalue weighted by molar-refractivity contribution is -0.157. The molecule has 3 aliphatic heterocycles. The molecule has 0 unspecified atom stereocenters. The molecule has 1 aliphatic carbocycles. The van der Waals surface area contributed by atoms with Crippen molar-refractivity contribution < 1.29 is 38.6 Å². The molecule has 1 fully saturated rings. The number of nitrogens with zero attached hydrogens (tertiary/aromatic N) is 3. The van der Waals surface area contributed by atoms with Crippen LogP contribution in [-0.2, 0) is 59.5 Å². The lowest BCUT2D eigenvalue weighted by Crippen LogP contribution is -2.38. The normalized spacial score (nSPS) is 17.1. The fraction of sp³-hybridized carbons (Fsp3) is 0.389. The third-order valence-electron chi connectivity index (χ3n) is 9.90. The van der Waals surface area contributed by atoms with E-state index in [1.54, 1.807) is 22.8 Å². The highest BCUT2D eigenvalue weighted by molar-refractivity contribution is 6.08. The SMILES string of the molecule is C=C(NC(=O)CNC(=O)CCCCCN1C(=O)CCC1=O)C(=O)Nc1ccc2nc3c(c4c2c1CCC4)Cn1c-3cc2c(c1=O)COC(=O)[C@H]2O. The molecular formula is C36H36N6O9. The van der Waals surface area contributed by atoms with Crippen LogP contribution in [0.15, 0.2) is 35.3 Å². The molecule has 51 heavy (non-hydrogen) atoms. The second kappa shape index (κ2) is 13.5. The molecule has 0 saturated carbocycles. The van der Waals surface area contributed by atoms with Gasteiger partial charge in [0.1, 0.15) is 6.61 Å². The van der Waals surface area contributed by atoms with Crippen molar-refractivity contribution in [3.05, 3.63) is 68.6 Å². The number of fused-ring (bicyclic) bond motifs is 5. The molecule has 0 spiro atoms. The Hall–Kier alpha value is -5.70. The van der Waals surface area contributed by atoms with Crippen LogP contribution in [0.25, 0.3) is 22.3 Å². The molecule has 15 heteroatoms. The second-order valence-electron chi connectivity index (χ2n) is 13.1. The van der Waals surface area contributed by atoms with E-state index in [0.717, 1.165) is 34.9 Å². The third kappa shape index (κ3) is 6.29. The topological polar surface area (TPSA) is 206 Å². The van der Waals surface area contributed by atoms with Gasteiger partial charge in [-0.25, -0.2) is 9.78 Å². The van der Waals surface area contributed by atoms with E-state index >= 15 is 0 Å². The van der Waals surface area contributed by atoms with Crippen LogP contribution in [0, 0.1) is 0 Å². The van der Waals surface area contributed by atoms with Gasteiger partial charge < -0.3 is 30.4 Å². The van der Waals surface area contributed by atoms with Crippen LogP contribution in [0.4, 0.5) is 5.69 Å². The number of carbonyl (C=O) groups is 6. The van der Waals surface area contributed by atoms with E-state index in [2.05, 4.69) is 22.5 Å². The maximum absolute atomic E-state index is 13.4. The van der Waals surface area contributed by atoms with Crippen LogP contribution in [0.2, 0.25) is 0 Å². The summed E-state index contributed by atoms with van der Waals surface area (Å²) in [5.41, 5.74) is 5.07. The molecule has 4 aliphatic rings. The zero-order valence-electron chi connectivity index (χ0n) is 27.8. The minimum absolute atomic E-state index is 0.161. The largest absolute Gasteiger partial charge is 0.458 e. The van der Waals surface area contributed by atoms with Crippen molar-refractivity contribution in [3.63, 3.8) is 0 Å². The molecule has 5 amide bonds. The number of esters is 1. The Morgan fingerprint density at radius 2 is 1.71 bits per heavy atom. The van der Waals surface area contributed by atoms with Crippen molar-refractivity contribution in [2.45, 2.75) is 77.0 Å². The summed E-state index contributed by atoms with van der Waals surface area (Å²) in [7, 11) is 0. The molecule has 0 bridgehead atoms. The minimum atomic E-state index is -1.54. The van der Waals surface area contributed by atoms with Crippen LogP contribution in [-0.4, -0.2) is 68.2 Å². The summed E-state index contributed by atoms with van der Waals surface area (Å²) in [5, 5.41) is 19.1. The number of pyridine rings is 2. The molecule has 264 valence electrons. The number of ether oxygens (including phenoxy) is 1. The number of anilines is 1. The first-order chi connectivity index (χ1) is 24.5. The summed E-state index contributed by atoms with van der Waals surface area (Å²) < 4.78 is 6.59. The van der Waals surface area contributed by atoms with Crippen LogP contribution >= 0.6 is 0 Å². The number of aryl methyl sites for hydroxylation is 2. The van der Waals surface area contributed by atoms with Crippen molar-refractivity contribution in [1.29, 1.82) is 0 Å². The Kier molecular flexibility index (Phi) is 8.97. The van der Waals surface area contributed by atoms with Crippen molar-refractivity contribution in [1.82, 2.24) is 25.1 Å². The van der Waals surface area contributed by atoms with Gasteiger partial charge in [-0.05, 0) is 61.4 Å². The Morgan fingerprint density at radius 1 is 0.941 bits per heavy atom. The van der Waals surface area contributed by atoms with Gasteiger partial charge in [-0.15, -0.1) is 0 Å². The summed E-state index contributed by atoms with van der Waals surface area (Å²) in [6.07, 6.45) is 3.08. The zero-order chi connectivity index (χ0) is 36.0. The van der Waals surface area contributed by atoms with Crippen LogP contribution < -0.4 is 21.5 Å². The maximum atomic E-state index is 13.4. The Labute approximate surface area is 291 Å². The molecule has 0 radical (unpaired) electrons. The highest BCUT2D eigenvalue weighted by Gasteiger charge is 2.35. The number of unbranched alkanes of at least 4 members (excludes halogenated alkanes) is 2. The molecule has 1 saturated heterocycles. The first-order valence-corrected chi connectivity index (χ1v) is 17.0. The lowest BCUT2D eigenvalue weighted by Gasteiger charge is -2.23. The van der Waals surface area contributed by atoms with Gasteiger partial charge in [0.2, 0.25) is 23.6 Å². The van der Waals surface area contributed by atoms with Crippen LogP contribution in [0.3, 0.4) is 0 Å². The molecular weight excluding hydrogens is 660 g/mol. The molecule has 2 aromatic heterocycles. The number of rotatable bonds is 11. The standard InChI is InChI=1S/C36H36N6O9/c1-18(38-28(44)15-37-27(43)8-3-2-4-13-41-29(45)11-12-30(41)46)34(48)40-24-9-10-25-31-19(6-5-7-20(24)31)22-16-42-26(32(22)39-25)14-21-23(35(42)49)17-51-36(50)33(21)47/h9-10,14,33,47H,1-8,11-13,15-17H2,(H,37,43)(H,38,44)(H,40,48)/t33-/m0/s1. The second-order valence-corrected chi connectivity index (χ2v) is 13.1. The number of imide groups is 1. The quantitative estimate of drug-likeness (QED) is 0.0768. The van der Waals surface area contributed by atoms with Gasteiger partial charge in [-0.1, -0.05) is 13.0 Å². The van der Waals surface area contributed by atoms with E-state index < -0.39 is 23.9 Å². The minimum Gasteiger partial charge on any atom is -0.458 e. The Bertz CT molecular complexity index is 2120. The number of amides is 5. The summed E-state index contributed by atoms with van der Waals surface area (Å²) in [4.78, 5) is 92.8. The number of likely N-dealkylation sites (tertiary alicyclic amines) is 1. The number of benzene rings is 1. The Morgan fingerprint density at radius 3 is 2.49 bits per heavy atom. The Balaban J connectivity index is 0.967. The summed E-state index contributed by atoms with van der Waals surface area (Å²) >= 11 is 0. The van der Waals surface area contributed by atoms with E-state index in [-0.39, 0.29) is 79.1 Å². The number of aliphatic hydroxyl groups excluding tert-OH is 1.